The third-order valence-electron chi connectivity index (χ3n) is 0.528. The van der Waals surface area contributed by atoms with Crippen molar-refractivity contribution in [2.24, 2.45) is 5.73 Å². The molecular formula is C4H10NOSi. The van der Waals surface area contributed by atoms with Crippen LogP contribution in [-0.4, -0.2) is 14.7 Å². The lowest BCUT2D eigenvalue weighted by Gasteiger charge is -1.93. The molecule has 3 heteroatoms. The molecule has 0 saturated carbocycles. The molecule has 0 bridgehead atoms. The number of primary amides is 1. The summed E-state index contributed by atoms with van der Waals surface area (Å²) in [5.74, 6) is -0.168. The van der Waals surface area contributed by atoms with Gasteiger partial charge in [-0.15, -0.1) is 0 Å². The average molecular weight is 116 g/mol. The van der Waals surface area contributed by atoms with Crippen molar-refractivity contribution in [1.29, 1.82) is 0 Å². The lowest BCUT2D eigenvalue weighted by Crippen LogP contribution is -2.16. The van der Waals surface area contributed by atoms with Crippen molar-refractivity contribution in [1.82, 2.24) is 0 Å². The molecule has 0 aromatic heterocycles. The summed E-state index contributed by atoms with van der Waals surface area (Å²) in [7, 11) is -0.409. The van der Waals surface area contributed by atoms with Crippen molar-refractivity contribution in [3.63, 3.8) is 0 Å². The van der Waals surface area contributed by atoms with Gasteiger partial charge in [-0.25, -0.2) is 0 Å². The molecule has 1 radical (unpaired) electrons. The normalized spacial score (nSPS) is 9.57. The van der Waals surface area contributed by atoms with Gasteiger partial charge in [-0.1, -0.05) is 13.1 Å². The van der Waals surface area contributed by atoms with Gasteiger partial charge in [0.05, 0.1) is 8.80 Å². The second kappa shape index (κ2) is 2.79. The number of hydrogen-bond acceptors (Lipinski definition) is 1. The average Bonchev–Trinajstić information content (AvgIpc) is 1.27. The zero-order chi connectivity index (χ0) is 5.86. The van der Waals surface area contributed by atoms with E-state index in [4.69, 9.17) is 5.73 Å². The summed E-state index contributed by atoms with van der Waals surface area (Å²) in [4.78, 5) is 10.1. The number of carbonyl (C=O) groups is 1. The van der Waals surface area contributed by atoms with Crippen molar-refractivity contribution in [2.45, 2.75) is 19.1 Å². The maximum absolute atomic E-state index is 10.1. The van der Waals surface area contributed by atoms with Crippen LogP contribution in [0, 0.1) is 0 Å². The predicted molar refractivity (Wildman–Crippen MR) is 31.5 cm³/mol. The second-order valence-corrected chi connectivity index (χ2v) is 4.62. The number of rotatable bonds is 2. The van der Waals surface area contributed by atoms with Crippen LogP contribution in [0.2, 0.25) is 19.1 Å². The van der Waals surface area contributed by atoms with Crippen molar-refractivity contribution < 1.29 is 4.79 Å². The summed E-state index contributed by atoms with van der Waals surface area (Å²) in [6.45, 7) is 4.13. The first-order valence-corrected chi connectivity index (χ1v) is 4.91. The summed E-state index contributed by atoms with van der Waals surface area (Å²) >= 11 is 0. The van der Waals surface area contributed by atoms with Crippen LogP contribution in [0.3, 0.4) is 0 Å². The second-order valence-electron chi connectivity index (χ2n) is 1.85. The Labute approximate surface area is 45.3 Å². The third kappa shape index (κ3) is 5.69. The summed E-state index contributed by atoms with van der Waals surface area (Å²) in [6.07, 6.45) is 0. The van der Waals surface area contributed by atoms with Gasteiger partial charge in [-0.05, 0) is 0 Å². The van der Waals surface area contributed by atoms with E-state index in [0.717, 1.165) is 0 Å². The van der Waals surface area contributed by atoms with Gasteiger partial charge < -0.3 is 5.73 Å². The van der Waals surface area contributed by atoms with Gasteiger partial charge in [-0.3, -0.25) is 4.79 Å². The Morgan fingerprint density at radius 2 is 2.14 bits per heavy atom. The lowest BCUT2D eigenvalue weighted by atomic mass is 10.8. The Balaban J connectivity index is 3.13. The molecule has 0 heterocycles. The van der Waals surface area contributed by atoms with Gasteiger partial charge in [0.15, 0.2) is 0 Å². The molecule has 0 atom stereocenters. The Bertz CT molecular complexity index is 72.1. The third-order valence-corrected chi connectivity index (χ3v) is 1.58. The molecule has 0 rings (SSSR count). The van der Waals surface area contributed by atoms with E-state index in [1.165, 1.54) is 0 Å². The number of nitrogens with two attached hydrogens (primary N) is 1. The van der Waals surface area contributed by atoms with E-state index in [1.807, 2.05) is 0 Å². The molecule has 0 aromatic carbocycles. The van der Waals surface area contributed by atoms with Crippen molar-refractivity contribution in [2.75, 3.05) is 0 Å². The minimum Gasteiger partial charge on any atom is -0.370 e. The Kier molecular flexibility index (Phi) is 2.67. The number of carbonyl (C=O) groups excluding carboxylic acids is 1. The molecule has 41 valence electrons. The van der Waals surface area contributed by atoms with Gasteiger partial charge in [0.2, 0.25) is 5.91 Å². The first kappa shape index (κ1) is 6.69. The van der Waals surface area contributed by atoms with Gasteiger partial charge in [0.25, 0.3) is 0 Å². The van der Waals surface area contributed by atoms with Crippen LogP contribution in [-0.2, 0) is 4.79 Å². The van der Waals surface area contributed by atoms with E-state index in [-0.39, 0.29) is 5.91 Å². The van der Waals surface area contributed by atoms with E-state index in [1.54, 1.807) is 0 Å². The summed E-state index contributed by atoms with van der Waals surface area (Å²) in [6, 6.07) is 0.602. The first-order valence-electron chi connectivity index (χ1n) is 2.20. The van der Waals surface area contributed by atoms with E-state index in [2.05, 4.69) is 13.1 Å². The van der Waals surface area contributed by atoms with Gasteiger partial charge in [-0.2, -0.15) is 0 Å². The topological polar surface area (TPSA) is 43.1 Å². The number of hydrogen-bond donors (Lipinski definition) is 1. The highest BCUT2D eigenvalue weighted by Crippen LogP contribution is 1.86. The highest BCUT2D eigenvalue weighted by molar-refractivity contribution is 6.59. The van der Waals surface area contributed by atoms with E-state index in [9.17, 15) is 4.79 Å². The zero-order valence-electron chi connectivity index (χ0n) is 4.69. The molecule has 1 amide bonds. The Morgan fingerprint density at radius 3 is 2.14 bits per heavy atom. The van der Waals surface area contributed by atoms with Gasteiger partial charge >= 0.3 is 0 Å². The van der Waals surface area contributed by atoms with Gasteiger partial charge in [0.1, 0.15) is 0 Å². The number of amides is 1. The molecule has 0 aliphatic carbocycles. The van der Waals surface area contributed by atoms with Gasteiger partial charge in [0, 0.05) is 6.04 Å². The minimum absolute atomic E-state index is 0.168. The van der Waals surface area contributed by atoms with E-state index < -0.39 is 8.80 Å². The van der Waals surface area contributed by atoms with Crippen LogP contribution < -0.4 is 5.73 Å². The zero-order valence-corrected chi connectivity index (χ0v) is 5.69. The van der Waals surface area contributed by atoms with Crippen molar-refractivity contribution in [3.05, 3.63) is 0 Å². The molecule has 2 nitrogen and oxygen atoms in total. The van der Waals surface area contributed by atoms with Crippen molar-refractivity contribution >= 4 is 14.7 Å². The van der Waals surface area contributed by atoms with Crippen LogP contribution >= 0.6 is 0 Å². The van der Waals surface area contributed by atoms with E-state index in [0.29, 0.717) is 6.04 Å². The van der Waals surface area contributed by atoms with E-state index >= 15 is 0 Å². The first-order chi connectivity index (χ1) is 3.13. The van der Waals surface area contributed by atoms with Crippen LogP contribution in [0.15, 0.2) is 0 Å². The van der Waals surface area contributed by atoms with Crippen LogP contribution in [0.4, 0.5) is 0 Å². The smallest absolute Gasteiger partial charge is 0.214 e. The highest BCUT2D eigenvalue weighted by atomic mass is 28.3. The fourth-order valence-corrected chi connectivity index (χ4v) is 1.05. The molecule has 0 unspecified atom stereocenters. The van der Waals surface area contributed by atoms with Crippen molar-refractivity contribution in [3.8, 4) is 0 Å². The predicted octanol–water partition coefficient (Wildman–Crippen LogP) is 0.226. The molecule has 0 saturated heterocycles. The Morgan fingerprint density at radius 1 is 1.71 bits per heavy atom. The largest absolute Gasteiger partial charge is 0.370 e. The minimum atomic E-state index is -0.409. The molecule has 0 aromatic rings. The molecule has 2 N–H and O–H groups in total. The fourth-order valence-electron chi connectivity index (χ4n) is 0.348. The standard InChI is InChI=1S/C4H10NOSi/c1-7(2)3-4(5)6/h3H2,1-2H3,(H2,5,6). The molecular weight excluding hydrogens is 106 g/mol. The maximum atomic E-state index is 10.1. The van der Waals surface area contributed by atoms with Crippen LogP contribution in [0.1, 0.15) is 0 Å². The monoisotopic (exact) mass is 116 g/mol. The van der Waals surface area contributed by atoms with Crippen LogP contribution in [0.25, 0.3) is 0 Å². The molecule has 0 fully saturated rings. The summed E-state index contributed by atoms with van der Waals surface area (Å²) < 4.78 is 0. The molecule has 0 aliphatic rings. The fraction of sp³-hybridized carbons (Fsp3) is 0.750. The highest BCUT2D eigenvalue weighted by Gasteiger charge is 1.98. The quantitative estimate of drug-likeness (QED) is 0.515. The maximum Gasteiger partial charge on any atom is 0.214 e. The molecule has 0 spiro atoms. The lowest BCUT2D eigenvalue weighted by molar-refractivity contribution is -0.115. The molecule has 7 heavy (non-hydrogen) atoms. The summed E-state index contributed by atoms with van der Waals surface area (Å²) in [5, 5.41) is 0. The molecule has 0 aliphatic heterocycles. The Hall–Kier alpha value is -0.313. The van der Waals surface area contributed by atoms with Crippen LogP contribution in [0.5, 0.6) is 0 Å². The summed E-state index contributed by atoms with van der Waals surface area (Å²) in [5.41, 5.74) is 4.88. The SMILES string of the molecule is C[Si](C)CC(N)=O.